The van der Waals surface area contributed by atoms with Crippen LogP contribution in [0.2, 0.25) is 0 Å². The van der Waals surface area contributed by atoms with Crippen LogP contribution in [0, 0.1) is 0 Å². The number of aliphatic hydroxyl groups is 1. The number of benzene rings is 1. The van der Waals surface area contributed by atoms with Crippen LogP contribution < -0.4 is 4.74 Å². The van der Waals surface area contributed by atoms with Gasteiger partial charge in [0.25, 0.3) is 0 Å². The Morgan fingerprint density at radius 1 is 1.25 bits per heavy atom. The smallest absolute Gasteiger partial charge is 0.119 e. The Hall–Kier alpha value is -1.10. The Labute approximate surface area is 121 Å². The van der Waals surface area contributed by atoms with Gasteiger partial charge in [-0.15, -0.1) is 0 Å². The van der Waals surface area contributed by atoms with E-state index in [4.69, 9.17) is 9.47 Å². The van der Waals surface area contributed by atoms with Crippen LogP contribution in [0.4, 0.5) is 0 Å². The van der Waals surface area contributed by atoms with Crippen molar-refractivity contribution in [1.82, 2.24) is 4.90 Å². The van der Waals surface area contributed by atoms with Gasteiger partial charge >= 0.3 is 0 Å². The summed E-state index contributed by atoms with van der Waals surface area (Å²) in [7, 11) is 0. The Bertz CT molecular complexity index is 374. The van der Waals surface area contributed by atoms with Crippen molar-refractivity contribution in [2.24, 2.45) is 0 Å². The van der Waals surface area contributed by atoms with E-state index in [1.165, 1.54) is 5.56 Å². The first-order valence-electron chi connectivity index (χ1n) is 7.48. The highest BCUT2D eigenvalue weighted by Crippen LogP contribution is 2.13. The number of aliphatic hydroxyl groups excluding tert-OH is 1. The average Bonchev–Trinajstić information content (AvgIpc) is 2.48. The third kappa shape index (κ3) is 5.12. The van der Waals surface area contributed by atoms with Crippen LogP contribution in [0.15, 0.2) is 24.3 Å². The highest BCUT2D eigenvalue weighted by molar-refractivity contribution is 5.27. The van der Waals surface area contributed by atoms with Crippen LogP contribution in [0.1, 0.15) is 18.9 Å². The lowest BCUT2D eigenvalue weighted by molar-refractivity contribution is 0.00465. The Kier molecular flexibility index (Phi) is 6.30. The van der Waals surface area contributed by atoms with E-state index in [1.54, 1.807) is 0 Å². The zero-order valence-electron chi connectivity index (χ0n) is 12.3. The molecular formula is C16H25NO3. The maximum absolute atomic E-state index is 9.99. The predicted octanol–water partition coefficient (Wildman–Crippen LogP) is 1.71. The van der Waals surface area contributed by atoms with Gasteiger partial charge in [-0.05, 0) is 24.1 Å². The van der Waals surface area contributed by atoms with Crippen LogP contribution in [0.5, 0.6) is 5.75 Å². The zero-order valence-corrected chi connectivity index (χ0v) is 12.3. The third-order valence-corrected chi connectivity index (χ3v) is 3.48. The van der Waals surface area contributed by atoms with Crippen LogP contribution in [-0.2, 0) is 11.2 Å². The van der Waals surface area contributed by atoms with Gasteiger partial charge in [-0.25, -0.2) is 0 Å². The summed E-state index contributed by atoms with van der Waals surface area (Å²) in [6.07, 6.45) is 1.79. The summed E-state index contributed by atoms with van der Waals surface area (Å²) in [5.74, 6) is 0.825. The number of rotatable bonds is 7. The van der Waals surface area contributed by atoms with Gasteiger partial charge in [0.05, 0.1) is 13.2 Å². The van der Waals surface area contributed by atoms with E-state index >= 15 is 0 Å². The van der Waals surface area contributed by atoms with E-state index in [9.17, 15) is 5.11 Å². The minimum Gasteiger partial charge on any atom is -0.491 e. The molecule has 1 aromatic carbocycles. The molecular weight excluding hydrogens is 254 g/mol. The van der Waals surface area contributed by atoms with Crippen LogP contribution in [0.25, 0.3) is 0 Å². The fraction of sp³-hybridized carbons (Fsp3) is 0.625. The van der Waals surface area contributed by atoms with E-state index < -0.39 is 6.10 Å². The number of β-amino-alcohol motifs (C(OH)–C–C–N with tert-alkyl or cyclic N) is 1. The number of aryl methyl sites for hydroxylation is 1. The van der Waals surface area contributed by atoms with Gasteiger partial charge in [-0.2, -0.15) is 0 Å². The molecule has 4 heteroatoms. The van der Waals surface area contributed by atoms with Gasteiger partial charge < -0.3 is 14.6 Å². The van der Waals surface area contributed by atoms with E-state index in [1.807, 2.05) is 12.1 Å². The Morgan fingerprint density at radius 2 is 1.95 bits per heavy atom. The SMILES string of the molecule is CCCc1ccc(OC[C@H](O)CN2CCOCC2)cc1. The summed E-state index contributed by atoms with van der Waals surface area (Å²) >= 11 is 0. The normalized spacial score (nSPS) is 17.9. The molecule has 1 atom stereocenters. The fourth-order valence-electron chi connectivity index (χ4n) is 2.37. The largest absolute Gasteiger partial charge is 0.491 e. The molecule has 1 aromatic rings. The Balaban J connectivity index is 1.70. The summed E-state index contributed by atoms with van der Waals surface area (Å²) in [4.78, 5) is 2.21. The Morgan fingerprint density at radius 3 is 2.60 bits per heavy atom. The summed E-state index contributed by atoms with van der Waals surface area (Å²) in [6, 6.07) is 8.14. The summed E-state index contributed by atoms with van der Waals surface area (Å²) in [5, 5.41) is 9.99. The van der Waals surface area contributed by atoms with Crippen molar-refractivity contribution in [3.63, 3.8) is 0 Å². The van der Waals surface area contributed by atoms with E-state index in [0.29, 0.717) is 13.2 Å². The molecule has 1 aliphatic rings. The molecule has 0 spiro atoms. The number of ether oxygens (including phenoxy) is 2. The topological polar surface area (TPSA) is 41.9 Å². The minimum atomic E-state index is -0.455. The molecule has 0 bridgehead atoms. The molecule has 1 heterocycles. The highest BCUT2D eigenvalue weighted by Gasteiger charge is 2.15. The third-order valence-electron chi connectivity index (χ3n) is 3.48. The van der Waals surface area contributed by atoms with E-state index in [2.05, 4.69) is 24.0 Å². The molecule has 1 fully saturated rings. The van der Waals surface area contributed by atoms with Gasteiger partial charge in [0.2, 0.25) is 0 Å². The molecule has 1 aliphatic heterocycles. The molecule has 4 nitrogen and oxygen atoms in total. The quantitative estimate of drug-likeness (QED) is 0.825. The minimum absolute atomic E-state index is 0.338. The molecule has 0 saturated carbocycles. The molecule has 0 unspecified atom stereocenters. The highest BCUT2D eigenvalue weighted by atomic mass is 16.5. The van der Waals surface area contributed by atoms with E-state index in [0.717, 1.165) is 44.9 Å². The maximum Gasteiger partial charge on any atom is 0.119 e. The van der Waals surface area contributed by atoms with Crippen molar-refractivity contribution in [2.45, 2.75) is 25.9 Å². The van der Waals surface area contributed by atoms with Crippen molar-refractivity contribution in [1.29, 1.82) is 0 Å². The average molecular weight is 279 g/mol. The van der Waals surface area contributed by atoms with Gasteiger partial charge in [0.1, 0.15) is 18.5 Å². The van der Waals surface area contributed by atoms with Crippen molar-refractivity contribution in [3.05, 3.63) is 29.8 Å². The lowest BCUT2D eigenvalue weighted by Crippen LogP contribution is -2.42. The van der Waals surface area contributed by atoms with Gasteiger partial charge in [0.15, 0.2) is 0 Å². The van der Waals surface area contributed by atoms with Gasteiger partial charge in [-0.3, -0.25) is 4.90 Å². The first-order valence-corrected chi connectivity index (χ1v) is 7.48. The monoisotopic (exact) mass is 279 g/mol. The van der Waals surface area contributed by atoms with Crippen molar-refractivity contribution in [3.8, 4) is 5.75 Å². The first kappa shape index (κ1) is 15.3. The van der Waals surface area contributed by atoms with E-state index in [-0.39, 0.29) is 0 Å². The van der Waals surface area contributed by atoms with Crippen LogP contribution in [0.3, 0.4) is 0 Å². The van der Waals surface area contributed by atoms with Crippen molar-refractivity contribution < 1.29 is 14.6 Å². The standard InChI is InChI=1S/C16H25NO3/c1-2-3-14-4-6-16(7-5-14)20-13-15(18)12-17-8-10-19-11-9-17/h4-7,15,18H,2-3,8-13H2,1H3/t15-/m1/s1. The second-order valence-electron chi connectivity index (χ2n) is 5.27. The molecule has 1 N–H and O–H groups in total. The van der Waals surface area contributed by atoms with Crippen molar-refractivity contribution in [2.75, 3.05) is 39.5 Å². The second-order valence-corrected chi connectivity index (χ2v) is 5.27. The molecule has 0 radical (unpaired) electrons. The fourth-order valence-corrected chi connectivity index (χ4v) is 2.37. The maximum atomic E-state index is 9.99. The molecule has 0 aliphatic carbocycles. The van der Waals surface area contributed by atoms with Gasteiger partial charge in [0, 0.05) is 19.6 Å². The zero-order chi connectivity index (χ0) is 14.2. The number of morpholine rings is 1. The molecule has 112 valence electrons. The van der Waals surface area contributed by atoms with Gasteiger partial charge in [-0.1, -0.05) is 25.5 Å². The first-order chi connectivity index (χ1) is 9.78. The lowest BCUT2D eigenvalue weighted by atomic mass is 10.1. The number of hydrogen-bond acceptors (Lipinski definition) is 4. The predicted molar refractivity (Wildman–Crippen MR) is 79.2 cm³/mol. The van der Waals surface area contributed by atoms with Crippen LogP contribution >= 0.6 is 0 Å². The number of hydrogen-bond donors (Lipinski definition) is 1. The molecule has 2 rings (SSSR count). The van der Waals surface area contributed by atoms with Crippen LogP contribution in [-0.4, -0.2) is 55.6 Å². The summed E-state index contributed by atoms with van der Waals surface area (Å²) in [6.45, 7) is 6.46. The summed E-state index contributed by atoms with van der Waals surface area (Å²) in [5.41, 5.74) is 1.33. The summed E-state index contributed by atoms with van der Waals surface area (Å²) < 4.78 is 10.9. The second kappa shape index (κ2) is 8.25. The van der Waals surface area contributed by atoms with Crippen molar-refractivity contribution >= 4 is 0 Å². The molecule has 0 amide bonds. The molecule has 0 aromatic heterocycles. The molecule has 1 saturated heterocycles. The number of nitrogens with zero attached hydrogens (tertiary/aromatic N) is 1. The lowest BCUT2D eigenvalue weighted by Gasteiger charge is -2.28. The molecule has 20 heavy (non-hydrogen) atoms.